The molecule has 5 heteroatoms. The number of piperidine rings is 1. The Morgan fingerprint density at radius 2 is 1.51 bits per heavy atom. The molecule has 2 heterocycles. The third-order valence-corrected chi connectivity index (χ3v) is 7.72. The Morgan fingerprint density at radius 1 is 0.854 bits per heavy atom. The molecule has 3 aromatic carbocycles. The van der Waals surface area contributed by atoms with E-state index in [9.17, 15) is 9.59 Å². The monoisotopic (exact) mass is 548 g/mol. The summed E-state index contributed by atoms with van der Waals surface area (Å²) in [5.74, 6) is 0.528. The summed E-state index contributed by atoms with van der Waals surface area (Å²) in [6.07, 6.45) is 7.29. The van der Waals surface area contributed by atoms with Gasteiger partial charge in [0.25, 0.3) is 0 Å². The fourth-order valence-corrected chi connectivity index (χ4v) is 5.68. The lowest BCUT2D eigenvalue weighted by Gasteiger charge is -2.32. The van der Waals surface area contributed by atoms with Crippen LogP contribution in [0.4, 0.5) is 0 Å². The summed E-state index contributed by atoms with van der Waals surface area (Å²) in [6, 6.07) is 24.9. The van der Waals surface area contributed by atoms with E-state index in [0.29, 0.717) is 25.2 Å². The molecule has 1 saturated heterocycles. The molecular formula is C36H40N2O3. The molecule has 0 amide bonds. The number of aromatic nitrogens is 1. The van der Waals surface area contributed by atoms with Gasteiger partial charge in [-0.05, 0) is 86.3 Å². The summed E-state index contributed by atoms with van der Waals surface area (Å²) < 4.78 is 5.52. The molecular weight excluding hydrogens is 508 g/mol. The van der Waals surface area contributed by atoms with Gasteiger partial charge in [0.1, 0.15) is 11.4 Å². The maximum absolute atomic E-state index is 12.6. The van der Waals surface area contributed by atoms with E-state index in [1.54, 1.807) is 0 Å². The highest BCUT2D eigenvalue weighted by molar-refractivity contribution is 5.96. The second kappa shape index (κ2) is 12.8. The standard InChI is InChI=1S/C36H40N2O3/c1-36(2,3)41-35(40)22-28-15-17-38(18-16-28)25-29-11-14-31-23-37-24-34(33(31)21-29)30-12-9-27(10-13-30)20-32(39)19-26-7-5-4-6-8-26/h4-14,21,23-24,28H,15-20,22,25H2,1-3H3. The van der Waals surface area contributed by atoms with Crippen LogP contribution in [0.3, 0.4) is 0 Å². The molecule has 41 heavy (non-hydrogen) atoms. The van der Waals surface area contributed by atoms with Crippen LogP contribution in [-0.4, -0.2) is 40.3 Å². The number of pyridine rings is 1. The number of esters is 1. The number of nitrogens with zero attached hydrogens (tertiary/aromatic N) is 2. The Kier molecular flexibility index (Phi) is 8.94. The molecule has 5 nitrogen and oxygen atoms in total. The topological polar surface area (TPSA) is 59.5 Å². The van der Waals surface area contributed by atoms with Gasteiger partial charge in [-0.2, -0.15) is 0 Å². The molecule has 0 radical (unpaired) electrons. The van der Waals surface area contributed by atoms with Crippen LogP contribution < -0.4 is 0 Å². The van der Waals surface area contributed by atoms with E-state index in [2.05, 4.69) is 52.3 Å². The third kappa shape index (κ3) is 8.11. The number of fused-ring (bicyclic) bond motifs is 1. The van der Waals surface area contributed by atoms with Crippen molar-refractivity contribution in [3.05, 3.63) is 102 Å². The van der Waals surface area contributed by atoms with Crippen molar-refractivity contribution in [1.82, 2.24) is 9.88 Å². The van der Waals surface area contributed by atoms with Crippen LogP contribution in [0, 0.1) is 5.92 Å². The largest absolute Gasteiger partial charge is 0.460 e. The van der Waals surface area contributed by atoms with Gasteiger partial charge in [-0.25, -0.2) is 0 Å². The van der Waals surface area contributed by atoms with Gasteiger partial charge in [0, 0.05) is 49.2 Å². The normalized spacial score (nSPS) is 14.7. The lowest BCUT2D eigenvalue weighted by Crippen LogP contribution is -2.34. The molecule has 212 valence electrons. The van der Waals surface area contributed by atoms with Gasteiger partial charge in [0.2, 0.25) is 0 Å². The molecule has 0 spiro atoms. The molecule has 0 unspecified atom stereocenters. The van der Waals surface area contributed by atoms with Crippen LogP contribution in [0.5, 0.6) is 0 Å². The number of ketones is 1. The minimum atomic E-state index is -0.425. The lowest BCUT2D eigenvalue weighted by molar-refractivity contribution is -0.156. The number of benzene rings is 3. The SMILES string of the molecule is CC(C)(C)OC(=O)CC1CCN(Cc2ccc3cncc(-c4ccc(CC(=O)Cc5ccccc5)cc4)c3c2)CC1. The Bertz CT molecular complexity index is 1480. The van der Waals surface area contributed by atoms with Crippen molar-refractivity contribution >= 4 is 22.5 Å². The predicted octanol–water partition coefficient (Wildman–Crippen LogP) is 7.20. The van der Waals surface area contributed by atoms with Crippen molar-refractivity contribution in [2.75, 3.05) is 13.1 Å². The van der Waals surface area contributed by atoms with E-state index in [0.717, 1.165) is 60.1 Å². The fraction of sp³-hybridized carbons (Fsp3) is 0.361. The first-order valence-electron chi connectivity index (χ1n) is 14.7. The molecule has 1 aromatic heterocycles. The summed E-state index contributed by atoms with van der Waals surface area (Å²) in [4.78, 5) is 31.8. The first-order chi connectivity index (χ1) is 19.7. The van der Waals surface area contributed by atoms with E-state index >= 15 is 0 Å². The van der Waals surface area contributed by atoms with Gasteiger partial charge in [-0.1, -0.05) is 66.7 Å². The second-order valence-corrected chi connectivity index (χ2v) is 12.3. The smallest absolute Gasteiger partial charge is 0.306 e. The van der Waals surface area contributed by atoms with Gasteiger partial charge >= 0.3 is 5.97 Å². The van der Waals surface area contributed by atoms with Crippen molar-refractivity contribution in [3.8, 4) is 11.1 Å². The van der Waals surface area contributed by atoms with Crippen LogP contribution in [-0.2, 0) is 33.7 Å². The van der Waals surface area contributed by atoms with Crippen molar-refractivity contribution in [2.45, 2.75) is 65.0 Å². The van der Waals surface area contributed by atoms with E-state index in [4.69, 9.17) is 4.74 Å². The van der Waals surface area contributed by atoms with Crippen molar-refractivity contribution in [3.63, 3.8) is 0 Å². The number of rotatable bonds is 9. The third-order valence-electron chi connectivity index (χ3n) is 7.72. The minimum Gasteiger partial charge on any atom is -0.460 e. The van der Waals surface area contributed by atoms with Crippen LogP contribution in [0.2, 0.25) is 0 Å². The van der Waals surface area contributed by atoms with Gasteiger partial charge < -0.3 is 4.74 Å². The Labute approximate surface area is 243 Å². The summed E-state index contributed by atoms with van der Waals surface area (Å²) in [5.41, 5.74) is 5.13. The number of carbonyl (C=O) groups is 2. The maximum Gasteiger partial charge on any atom is 0.306 e. The molecule has 0 atom stereocenters. The predicted molar refractivity (Wildman–Crippen MR) is 164 cm³/mol. The van der Waals surface area contributed by atoms with Crippen molar-refractivity contribution < 1.29 is 14.3 Å². The molecule has 0 aliphatic carbocycles. The highest BCUT2D eigenvalue weighted by Crippen LogP contribution is 2.30. The molecule has 1 fully saturated rings. The van der Waals surface area contributed by atoms with E-state index < -0.39 is 5.60 Å². The highest BCUT2D eigenvalue weighted by atomic mass is 16.6. The Morgan fingerprint density at radius 3 is 2.20 bits per heavy atom. The minimum absolute atomic E-state index is 0.0848. The fourth-order valence-electron chi connectivity index (χ4n) is 5.68. The molecule has 0 saturated carbocycles. The van der Waals surface area contributed by atoms with Crippen LogP contribution in [0.15, 0.2) is 85.2 Å². The van der Waals surface area contributed by atoms with Crippen LogP contribution in [0.1, 0.15) is 56.7 Å². The summed E-state index contributed by atoms with van der Waals surface area (Å²) in [7, 11) is 0. The number of ether oxygens (including phenoxy) is 1. The van der Waals surface area contributed by atoms with Crippen molar-refractivity contribution in [2.24, 2.45) is 5.92 Å². The van der Waals surface area contributed by atoms with Gasteiger partial charge in [-0.3, -0.25) is 19.5 Å². The Balaban J connectivity index is 1.21. The average Bonchev–Trinajstić information content (AvgIpc) is 2.94. The van der Waals surface area contributed by atoms with E-state index in [1.807, 2.05) is 63.5 Å². The molecule has 1 aliphatic rings. The first kappa shape index (κ1) is 28.7. The molecule has 5 rings (SSSR count). The van der Waals surface area contributed by atoms with Gasteiger partial charge in [-0.15, -0.1) is 0 Å². The van der Waals surface area contributed by atoms with E-state index in [-0.39, 0.29) is 11.8 Å². The molecule has 1 aliphatic heterocycles. The summed E-state index contributed by atoms with van der Waals surface area (Å²) >= 11 is 0. The zero-order valence-corrected chi connectivity index (χ0v) is 24.4. The average molecular weight is 549 g/mol. The van der Waals surface area contributed by atoms with Crippen molar-refractivity contribution in [1.29, 1.82) is 0 Å². The maximum atomic E-state index is 12.6. The molecule has 4 aromatic rings. The van der Waals surface area contributed by atoms with Gasteiger partial charge in [0.05, 0.1) is 0 Å². The number of carbonyl (C=O) groups excluding carboxylic acids is 2. The lowest BCUT2D eigenvalue weighted by atomic mass is 9.93. The number of hydrogen-bond donors (Lipinski definition) is 0. The summed E-state index contributed by atoms with van der Waals surface area (Å²) in [6.45, 7) is 8.62. The molecule has 0 N–H and O–H groups in total. The van der Waals surface area contributed by atoms with E-state index in [1.165, 1.54) is 10.9 Å². The van der Waals surface area contributed by atoms with Crippen LogP contribution in [0.25, 0.3) is 21.9 Å². The van der Waals surface area contributed by atoms with Crippen LogP contribution >= 0.6 is 0 Å². The zero-order valence-electron chi connectivity index (χ0n) is 24.4. The second-order valence-electron chi connectivity index (χ2n) is 12.3. The zero-order chi connectivity index (χ0) is 28.8. The summed E-state index contributed by atoms with van der Waals surface area (Å²) in [5, 5.41) is 2.30. The first-order valence-corrected chi connectivity index (χ1v) is 14.7. The highest BCUT2D eigenvalue weighted by Gasteiger charge is 2.24. The van der Waals surface area contributed by atoms with Gasteiger partial charge in [0.15, 0.2) is 0 Å². The number of hydrogen-bond acceptors (Lipinski definition) is 5. The quantitative estimate of drug-likeness (QED) is 0.207. The Hall–Kier alpha value is -3.83. The number of likely N-dealkylation sites (tertiary alicyclic amines) is 1. The number of Topliss-reactive ketones (excluding diaryl/α,β-unsaturated/α-hetero) is 1. The molecule has 0 bridgehead atoms.